The first kappa shape index (κ1) is 10.6. The summed E-state index contributed by atoms with van der Waals surface area (Å²) in [5.41, 5.74) is 1.04. The van der Waals surface area contributed by atoms with Crippen molar-refractivity contribution in [3.05, 3.63) is 29.7 Å². The molecule has 0 aromatic carbocycles. The summed E-state index contributed by atoms with van der Waals surface area (Å²) in [6.45, 7) is 0.374. The highest BCUT2D eigenvalue weighted by Crippen LogP contribution is 2.08. The predicted octanol–water partition coefficient (Wildman–Crippen LogP) is 0.662. The van der Waals surface area contributed by atoms with Crippen LogP contribution in [0.4, 0.5) is 0 Å². The summed E-state index contributed by atoms with van der Waals surface area (Å²) in [5, 5.41) is 7.89. The fraction of sp³-hybridized carbons (Fsp3) is 0.300. The monoisotopic (exact) mass is 221 g/mol. The van der Waals surface area contributed by atoms with Crippen LogP contribution in [-0.4, -0.2) is 34.8 Å². The normalized spacial score (nSPS) is 10.6. The van der Waals surface area contributed by atoms with Gasteiger partial charge in [-0.25, -0.2) is 4.79 Å². The number of esters is 1. The first-order chi connectivity index (χ1) is 7.76. The van der Waals surface area contributed by atoms with E-state index in [1.165, 1.54) is 7.11 Å². The maximum Gasteiger partial charge on any atom is 0.338 e. The second kappa shape index (κ2) is 4.28. The molecule has 0 aliphatic heterocycles. The Morgan fingerprint density at radius 3 is 2.94 bits per heavy atom. The summed E-state index contributed by atoms with van der Waals surface area (Å²) in [6.07, 6.45) is 1.72. The summed E-state index contributed by atoms with van der Waals surface area (Å²) >= 11 is 0. The van der Waals surface area contributed by atoms with E-state index in [-0.39, 0.29) is 0 Å². The van der Waals surface area contributed by atoms with Crippen molar-refractivity contribution in [1.29, 1.82) is 0 Å². The molecule has 0 radical (unpaired) electrons. The minimum Gasteiger partial charge on any atom is -0.465 e. The van der Waals surface area contributed by atoms with E-state index in [9.17, 15) is 4.79 Å². The third-order valence-electron chi connectivity index (χ3n) is 2.18. The number of aromatic nitrogens is 3. The number of fused-ring (bicyclic) bond motifs is 1. The van der Waals surface area contributed by atoms with Crippen LogP contribution in [0.3, 0.4) is 0 Å². The van der Waals surface area contributed by atoms with E-state index >= 15 is 0 Å². The van der Waals surface area contributed by atoms with Crippen LogP contribution in [0.15, 0.2) is 18.3 Å². The number of nitrogens with zero attached hydrogens (tertiary/aromatic N) is 3. The lowest BCUT2D eigenvalue weighted by Gasteiger charge is -2.00. The molecule has 0 fully saturated rings. The number of hydrogen-bond donors (Lipinski definition) is 0. The second-order valence-corrected chi connectivity index (χ2v) is 3.18. The van der Waals surface area contributed by atoms with Crippen molar-refractivity contribution in [1.82, 2.24) is 14.6 Å². The van der Waals surface area contributed by atoms with E-state index in [1.807, 2.05) is 0 Å². The van der Waals surface area contributed by atoms with Crippen LogP contribution in [0.1, 0.15) is 16.2 Å². The van der Waals surface area contributed by atoms with Gasteiger partial charge in [0.25, 0.3) is 0 Å². The number of carbonyl (C=O) groups excluding carboxylic acids is 1. The standard InChI is InChI=1S/C10H11N3O3/c1-15-6-9-12-11-8-5-7(10(14)16-2)3-4-13(8)9/h3-5H,6H2,1-2H3. The molecule has 0 N–H and O–H groups in total. The Hall–Kier alpha value is -1.95. The number of ether oxygens (including phenoxy) is 2. The fourth-order valence-corrected chi connectivity index (χ4v) is 1.41. The highest BCUT2D eigenvalue weighted by molar-refractivity contribution is 5.90. The summed E-state index contributed by atoms with van der Waals surface area (Å²) in [5.74, 6) is 0.299. The van der Waals surface area contributed by atoms with E-state index in [0.717, 1.165) is 0 Å². The molecule has 0 unspecified atom stereocenters. The Morgan fingerprint density at radius 2 is 2.25 bits per heavy atom. The van der Waals surface area contributed by atoms with Crippen LogP contribution in [0, 0.1) is 0 Å². The molecule has 84 valence electrons. The Labute approximate surface area is 91.8 Å². The number of pyridine rings is 1. The minimum atomic E-state index is -0.390. The van der Waals surface area contributed by atoms with Gasteiger partial charge < -0.3 is 9.47 Å². The zero-order chi connectivity index (χ0) is 11.5. The Balaban J connectivity index is 2.44. The van der Waals surface area contributed by atoms with E-state index in [1.54, 1.807) is 29.8 Å². The van der Waals surface area contributed by atoms with Crippen molar-refractivity contribution in [3.63, 3.8) is 0 Å². The van der Waals surface area contributed by atoms with Crippen molar-refractivity contribution in [2.75, 3.05) is 14.2 Å². The average Bonchev–Trinajstić information content (AvgIpc) is 2.71. The molecular formula is C10H11N3O3. The highest BCUT2D eigenvalue weighted by Gasteiger charge is 2.09. The van der Waals surface area contributed by atoms with E-state index in [0.29, 0.717) is 23.6 Å². The highest BCUT2D eigenvalue weighted by atomic mass is 16.5. The number of carbonyl (C=O) groups is 1. The average molecular weight is 221 g/mol. The van der Waals surface area contributed by atoms with Crippen LogP contribution >= 0.6 is 0 Å². The van der Waals surface area contributed by atoms with Gasteiger partial charge in [0.15, 0.2) is 11.5 Å². The van der Waals surface area contributed by atoms with Crippen molar-refractivity contribution in [3.8, 4) is 0 Å². The molecule has 0 atom stereocenters. The van der Waals surface area contributed by atoms with Gasteiger partial charge >= 0.3 is 5.97 Å². The first-order valence-corrected chi connectivity index (χ1v) is 4.67. The van der Waals surface area contributed by atoms with Gasteiger partial charge in [-0.2, -0.15) is 0 Å². The number of rotatable bonds is 3. The third kappa shape index (κ3) is 1.74. The molecule has 2 rings (SSSR count). The van der Waals surface area contributed by atoms with E-state index < -0.39 is 5.97 Å². The molecule has 0 aliphatic rings. The first-order valence-electron chi connectivity index (χ1n) is 4.67. The Bertz CT molecular complexity index is 521. The minimum absolute atomic E-state index is 0.374. The Kier molecular flexibility index (Phi) is 2.82. The van der Waals surface area contributed by atoms with Crippen molar-refractivity contribution < 1.29 is 14.3 Å². The summed E-state index contributed by atoms with van der Waals surface area (Å²) in [4.78, 5) is 11.3. The molecule has 0 bridgehead atoms. The number of methoxy groups -OCH3 is 2. The zero-order valence-corrected chi connectivity index (χ0v) is 9.01. The SMILES string of the molecule is COCc1nnc2cc(C(=O)OC)ccn12. The molecule has 6 heteroatoms. The van der Waals surface area contributed by atoms with Crippen LogP contribution in [0.2, 0.25) is 0 Å². The molecular weight excluding hydrogens is 210 g/mol. The van der Waals surface area contributed by atoms with Gasteiger partial charge in [-0.1, -0.05) is 0 Å². The molecule has 0 aliphatic carbocycles. The maximum absolute atomic E-state index is 11.3. The van der Waals surface area contributed by atoms with E-state index in [2.05, 4.69) is 14.9 Å². The van der Waals surface area contributed by atoms with Crippen LogP contribution in [0.25, 0.3) is 5.65 Å². The molecule has 2 heterocycles. The molecule has 16 heavy (non-hydrogen) atoms. The molecule has 2 aromatic rings. The molecule has 0 amide bonds. The summed E-state index contributed by atoms with van der Waals surface area (Å²) in [6, 6.07) is 3.28. The fourth-order valence-electron chi connectivity index (χ4n) is 1.41. The molecule has 2 aromatic heterocycles. The Morgan fingerprint density at radius 1 is 1.44 bits per heavy atom. The second-order valence-electron chi connectivity index (χ2n) is 3.18. The van der Waals surface area contributed by atoms with Gasteiger partial charge in [-0.05, 0) is 12.1 Å². The molecule has 0 saturated heterocycles. The van der Waals surface area contributed by atoms with Crippen LogP contribution in [-0.2, 0) is 16.1 Å². The summed E-state index contributed by atoms with van der Waals surface area (Å²) in [7, 11) is 2.93. The van der Waals surface area contributed by atoms with Crippen LogP contribution in [0.5, 0.6) is 0 Å². The van der Waals surface area contributed by atoms with Gasteiger partial charge in [0.2, 0.25) is 0 Å². The quantitative estimate of drug-likeness (QED) is 0.712. The van der Waals surface area contributed by atoms with Gasteiger partial charge in [0.1, 0.15) is 6.61 Å². The topological polar surface area (TPSA) is 65.7 Å². The van der Waals surface area contributed by atoms with Gasteiger partial charge in [-0.3, -0.25) is 4.40 Å². The van der Waals surface area contributed by atoms with Crippen molar-refractivity contribution in [2.45, 2.75) is 6.61 Å². The van der Waals surface area contributed by atoms with Gasteiger partial charge in [0.05, 0.1) is 12.7 Å². The molecule has 0 spiro atoms. The third-order valence-corrected chi connectivity index (χ3v) is 2.18. The van der Waals surface area contributed by atoms with Gasteiger partial charge in [-0.15, -0.1) is 10.2 Å². The lowest BCUT2D eigenvalue weighted by molar-refractivity contribution is 0.0600. The van der Waals surface area contributed by atoms with E-state index in [4.69, 9.17) is 4.74 Å². The van der Waals surface area contributed by atoms with Gasteiger partial charge in [0, 0.05) is 13.3 Å². The molecule has 0 saturated carbocycles. The predicted molar refractivity (Wildman–Crippen MR) is 55.0 cm³/mol. The zero-order valence-electron chi connectivity index (χ0n) is 9.01. The maximum atomic E-state index is 11.3. The lowest BCUT2D eigenvalue weighted by atomic mass is 10.3. The molecule has 6 nitrogen and oxygen atoms in total. The van der Waals surface area contributed by atoms with Crippen LogP contribution < -0.4 is 0 Å². The summed E-state index contributed by atoms with van der Waals surface area (Å²) < 4.78 is 11.4. The van der Waals surface area contributed by atoms with Crippen molar-refractivity contribution in [2.24, 2.45) is 0 Å². The smallest absolute Gasteiger partial charge is 0.338 e. The van der Waals surface area contributed by atoms with Crippen molar-refractivity contribution >= 4 is 11.6 Å². The number of hydrogen-bond acceptors (Lipinski definition) is 5. The lowest BCUT2D eigenvalue weighted by Crippen LogP contribution is -2.03. The largest absolute Gasteiger partial charge is 0.465 e.